The molecule has 2 atom stereocenters. The van der Waals surface area contributed by atoms with Gasteiger partial charge in [-0.25, -0.2) is 13.4 Å². The zero-order chi connectivity index (χ0) is 18.6. The number of halogens is 1. The fourth-order valence-electron chi connectivity index (χ4n) is 4.20. The number of hydrogen-bond donors (Lipinski definition) is 0. The maximum absolute atomic E-state index is 13.1. The molecule has 0 bridgehead atoms. The average molecular weight is 384 g/mol. The van der Waals surface area contributed by atoms with Gasteiger partial charge in [0.15, 0.2) is 9.84 Å². The maximum atomic E-state index is 13.1. The Morgan fingerprint density at radius 2 is 2.00 bits per heavy atom. The fourth-order valence-corrected chi connectivity index (χ4v) is 6.40. The summed E-state index contributed by atoms with van der Waals surface area (Å²) >= 11 is 0. The van der Waals surface area contributed by atoms with Crippen molar-refractivity contribution in [2.45, 2.75) is 22.6 Å². The van der Waals surface area contributed by atoms with Crippen molar-refractivity contribution in [3.05, 3.63) is 72.2 Å². The van der Waals surface area contributed by atoms with Crippen molar-refractivity contribution in [3.63, 3.8) is 0 Å². The van der Waals surface area contributed by atoms with Crippen LogP contribution < -0.4 is 0 Å². The summed E-state index contributed by atoms with van der Waals surface area (Å²) in [4.78, 5) is 6.25. The third-order valence-electron chi connectivity index (χ3n) is 5.48. The molecule has 138 valence electrons. The van der Waals surface area contributed by atoms with Crippen LogP contribution in [-0.2, 0) is 16.4 Å². The summed E-state index contributed by atoms with van der Waals surface area (Å²) in [6, 6.07) is 12.1. The van der Waals surface area contributed by atoms with E-state index in [1.807, 2.05) is 18.2 Å². The van der Waals surface area contributed by atoms with Gasteiger partial charge in [0.25, 0.3) is 0 Å². The minimum Gasteiger partial charge on any atom is -0.468 e. The largest absolute Gasteiger partial charge is 0.468 e. The summed E-state index contributed by atoms with van der Waals surface area (Å²) in [6.07, 6.45) is 3.09. The maximum Gasteiger partial charge on any atom is 0.212 e. The Hall–Kier alpha value is -2.51. The molecule has 2 aromatic heterocycles. The number of sulfone groups is 1. The van der Waals surface area contributed by atoms with E-state index in [1.54, 1.807) is 24.5 Å². The zero-order valence-electron chi connectivity index (χ0n) is 14.4. The highest BCUT2D eigenvalue weighted by molar-refractivity contribution is 7.92. The average Bonchev–Trinajstić information content (AvgIpc) is 3.35. The Labute approximate surface area is 156 Å². The molecule has 1 aromatic carbocycles. The molecule has 0 amide bonds. The van der Waals surface area contributed by atoms with Gasteiger partial charge in [-0.15, -0.1) is 0 Å². The topological polar surface area (TPSA) is 63.4 Å². The van der Waals surface area contributed by atoms with E-state index in [2.05, 4.69) is 9.88 Å². The monoisotopic (exact) mass is 384 g/mol. The molecule has 0 radical (unpaired) electrons. The van der Waals surface area contributed by atoms with Crippen molar-refractivity contribution in [2.24, 2.45) is 0 Å². The SMILES string of the molecule is O=S1(=O)c2ccc(-c3ccc(F)nc3)cc2[C@@H]2CN(Cc3ccco3)C[C@H]21. The summed E-state index contributed by atoms with van der Waals surface area (Å²) < 4.78 is 44.5. The predicted octanol–water partition coefficient (Wildman–Crippen LogP) is 3.24. The second kappa shape index (κ2) is 6.00. The first-order valence-electron chi connectivity index (χ1n) is 8.77. The van der Waals surface area contributed by atoms with E-state index in [4.69, 9.17) is 4.42 Å². The number of furan rings is 1. The van der Waals surface area contributed by atoms with Crippen molar-refractivity contribution >= 4 is 9.84 Å². The highest BCUT2D eigenvalue weighted by Gasteiger charge is 2.50. The molecule has 5 rings (SSSR count). The summed E-state index contributed by atoms with van der Waals surface area (Å²) in [7, 11) is -3.35. The standard InChI is InChI=1S/C20H17FN2O3S/c21-20-6-4-14(9-22-20)13-3-5-18-16(8-13)17-11-23(10-15-2-1-7-26-15)12-19(17)27(18,24)25/h1-9,17,19H,10-12H2/t17-,19+/m0/s1. The number of likely N-dealkylation sites (tertiary alicyclic amines) is 1. The first-order valence-corrected chi connectivity index (χ1v) is 10.3. The minimum absolute atomic E-state index is 0.0617. The third kappa shape index (κ3) is 2.69. The number of nitrogens with zero attached hydrogens (tertiary/aromatic N) is 2. The van der Waals surface area contributed by atoms with Crippen molar-refractivity contribution in [1.82, 2.24) is 9.88 Å². The summed E-state index contributed by atoms with van der Waals surface area (Å²) in [5.41, 5.74) is 2.47. The van der Waals surface area contributed by atoms with Gasteiger partial charge in [-0.2, -0.15) is 4.39 Å². The van der Waals surface area contributed by atoms with Crippen LogP contribution in [-0.4, -0.2) is 36.6 Å². The van der Waals surface area contributed by atoms with Crippen LogP contribution in [0.5, 0.6) is 0 Å². The van der Waals surface area contributed by atoms with Gasteiger partial charge < -0.3 is 4.42 Å². The molecular weight excluding hydrogens is 367 g/mol. The van der Waals surface area contributed by atoms with Crippen LogP contribution in [0.4, 0.5) is 4.39 Å². The molecule has 5 nitrogen and oxygen atoms in total. The highest BCUT2D eigenvalue weighted by Crippen LogP contribution is 2.46. The molecule has 1 saturated heterocycles. The molecule has 0 saturated carbocycles. The Balaban J connectivity index is 1.50. The zero-order valence-corrected chi connectivity index (χ0v) is 15.2. The van der Waals surface area contributed by atoms with Crippen LogP contribution >= 0.6 is 0 Å². The predicted molar refractivity (Wildman–Crippen MR) is 97.3 cm³/mol. The Morgan fingerprint density at radius 3 is 2.74 bits per heavy atom. The van der Waals surface area contributed by atoms with Crippen molar-refractivity contribution in [2.75, 3.05) is 13.1 Å². The third-order valence-corrected chi connectivity index (χ3v) is 7.74. The molecule has 7 heteroatoms. The van der Waals surface area contributed by atoms with Crippen molar-refractivity contribution in [1.29, 1.82) is 0 Å². The lowest BCUT2D eigenvalue weighted by Crippen LogP contribution is -2.25. The second-order valence-electron chi connectivity index (χ2n) is 7.09. The number of fused-ring (bicyclic) bond motifs is 3. The molecule has 2 aliphatic heterocycles. The molecule has 27 heavy (non-hydrogen) atoms. The van der Waals surface area contributed by atoms with E-state index in [0.717, 1.165) is 22.5 Å². The molecule has 0 N–H and O–H groups in total. The van der Waals surface area contributed by atoms with Crippen LogP contribution in [0.2, 0.25) is 0 Å². The lowest BCUT2D eigenvalue weighted by molar-refractivity contribution is 0.293. The number of benzene rings is 1. The van der Waals surface area contributed by atoms with Crippen LogP contribution in [0.1, 0.15) is 17.2 Å². The lowest BCUT2D eigenvalue weighted by Gasteiger charge is -2.16. The number of rotatable bonds is 3. The van der Waals surface area contributed by atoms with Crippen LogP contribution in [0.3, 0.4) is 0 Å². The number of hydrogen-bond acceptors (Lipinski definition) is 5. The molecule has 0 aliphatic carbocycles. The normalized spacial score (nSPS) is 23.3. The van der Waals surface area contributed by atoms with Crippen molar-refractivity contribution < 1.29 is 17.2 Å². The van der Waals surface area contributed by atoms with Crippen LogP contribution in [0, 0.1) is 5.95 Å². The smallest absolute Gasteiger partial charge is 0.212 e. The van der Waals surface area contributed by atoms with Crippen molar-refractivity contribution in [3.8, 4) is 11.1 Å². The van der Waals surface area contributed by atoms with E-state index in [-0.39, 0.29) is 5.92 Å². The first kappa shape index (κ1) is 16.6. The second-order valence-corrected chi connectivity index (χ2v) is 9.22. The quantitative estimate of drug-likeness (QED) is 0.649. The van der Waals surface area contributed by atoms with E-state index < -0.39 is 21.0 Å². The van der Waals surface area contributed by atoms with Gasteiger partial charge in [-0.1, -0.05) is 6.07 Å². The van der Waals surface area contributed by atoms with Crippen LogP contribution in [0.15, 0.2) is 64.2 Å². The van der Waals surface area contributed by atoms with E-state index >= 15 is 0 Å². The highest BCUT2D eigenvalue weighted by atomic mass is 32.2. The molecule has 0 unspecified atom stereocenters. The van der Waals surface area contributed by atoms with Gasteiger partial charge >= 0.3 is 0 Å². The molecule has 3 aromatic rings. The van der Waals surface area contributed by atoms with Gasteiger partial charge in [0.05, 0.1) is 23.0 Å². The summed E-state index contributed by atoms with van der Waals surface area (Å²) in [5.74, 6) is 0.235. The Bertz CT molecular complexity index is 1090. The van der Waals surface area contributed by atoms with Gasteiger partial charge in [-0.05, 0) is 47.5 Å². The Morgan fingerprint density at radius 1 is 1.15 bits per heavy atom. The molecular formula is C20H17FN2O3S. The summed E-state index contributed by atoms with van der Waals surface area (Å²) in [5, 5.41) is -0.427. The molecule has 2 aliphatic rings. The van der Waals surface area contributed by atoms with E-state index in [9.17, 15) is 12.8 Å². The number of aromatic nitrogens is 1. The Kier molecular flexibility index (Phi) is 3.70. The minimum atomic E-state index is -3.35. The van der Waals surface area contributed by atoms with E-state index in [1.165, 1.54) is 12.3 Å². The van der Waals surface area contributed by atoms with Gasteiger partial charge in [0.2, 0.25) is 5.95 Å². The molecule has 1 fully saturated rings. The van der Waals surface area contributed by atoms with E-state index in [0.29, 0.717) is 24.5 Å². The van der Waals surface area contributed by atoms with Crippen LogP contribution in [0.25, 0.3) is 11.1 Å². The summed E-state index contributed by atoms with van der Waals surface area (Å²) in [6.45, 7) is 1.77. The van der Waals surface area contributed by atoms with Gasteiger partial charge in [0, 0.05) is 30.8 Å². The lowest BCUT2D eigenvalue weighted by atomic mass is 9.95. The van der Waals surface area contributed by atoms with Gasteiger partial charge in [0.1, 0.15) is 5.76 Å². The molecule has 4 heterocycles. The van der Waals surface area contributed by atoms with Gasteiger partial charge in [-0.3, -0.25) is 4.90 Å². The fraction of sp³-hybridized carbons (Fsp3) is 0.250. The number of pyridine rings is 1. The molecule has 0 spiro atoms. The first-order chi connectivity index (χ1) is 13.0.